The molecule has 12 aromatic rings. The van der Waals surface area contributed by atoms with Gasteiger partial charge in [0, 0.05) is 77.6 Å². The van der Waals surface area contributed by atoms with Crippen molar-refractivity contribution >= 4 is 128 Å². The summed E-state index contributed by atoms with van der Waals surface area (Å²) in [7, 11) is 4.37. The molecule has 4 aromatic heterocycles. The van der Waals surface area contributed by atoms with Crippen LogP contribution in [0.25, 0.3) is 106 Å². The number of benzene rings is 8. The highest BCUT2D eigenvalue weighted by molar-refractivity contribution is 7.27. The van der Waals surface area contributed by atoms with Crippen molar-refractivity contribution in [2.45, 2.75) is 0 Å². The molecular weight excluding hydrogens is 645 g/mol. The van der Waals surface area contributed by atoms with E-state index in [1.165, 1.54) is 106 Å². The molecule has 12 rings (SSSR count). The summed E-state index contributed by atoms with van der Waals surface area (Å²) >= 11 is 3.83. The fourth-order valence-corrected chi connectivity index (χ4v) is 11.1. The Kier molecular flexibility index (Phi) is 5.87. The van der Waals surface area contributed by atoms with E-state index in [2.05, 4.69) is 169 Å². The van der Waals surface area contributed by atoms with E-state index in [1.54, 1.807) is 0 Å². The summed E-state index contributed by atoms with van der Waals surface area (Å²) in [5, 5.41) is 16.2. The largest absolute Gasteiger partial charge is 0.342 e. The van der Waals surface area contributed by atoms with Crippen molar-refractivity contribution in [2.75, 3.05) is 0 Å². The van der Waals surface area contributed by atoms with Crippen LogP contribution in [0.1, 0.15) is 0 Å². The van der Waals surface area contributed by atoms with Crippen molar-refractivity contribution in [1.29, 1.82) is 0 Å². The summed E-state index contributed by atoms with van der Waals surface area (Å²) in [6.07, 6.45) is 0. The maximum Gasteiger partial charge on any atom is 0.0670 e. The molecule has 4 heterocycles. The molecule has 50 heavy (non-hydrogen) atoms. The minimum Gasteiger partial charge on any atom is -0.342 e. The average Bonchev–Trinajstić information content (AvgIpc) is 3.89. The van der Waals surface area contributed by atoms with Gasteiger partial charge in [0.05, 0.1) is 20.4 Å². The second-order valence-electron chi connectivity index (χ2n) is 13.4. The van der Waals surface area contributed by atoms with Crippen molar-refractivity contribution in [3.63, 3.8) is 0 Å². The lowest BCUT2D eigenvalue weighted by molar-refractivity contribution is 1.02. The van der Waals surface area contributed by atoms with Crippen LogP contribution in [-0.4, -0.2) is 9.13 Å². The monoisotopic (exact) mass is 674 g/mol. The molecule has 4 heteroatoms. The van der Waals surface area contributed by atoms with Gasteiger partial charge in [0.15, 0.2) is 0 Å². The van der Waals surface area contributed by atoms with Gasteiger partial charge in [-0.05, 0) is 51.9 Å². The van der Waals surface area contributed by atoms with E-state index in [1.807, 2.05) is 22.7 Å². The van der Waals surface area contributed by atoms with E-state index in [-0.39, 0.29) is 0 Å². The van der Waals surface area contributed by atoms with Crippen LogP contribution in [0, 0.1) is 0 Å². The first-order valence-electron chi connectivity index (χ1n) is 17.1. The lowest BCUT2D eigenvalue weighted by Crippen LogP contribution is -1.86. The van der Waals surface area contributed by atoms with E-state index in [0.29, 0.717) is 0 Å². The zero-order chi connectivity index (χ0) is 33.1. The van der Waals surface area contributed by atoms with E-state index >= 15 is 0 Å². The molecule has 0 saturated heterocycles. The molecule has 0 aliphatic rings. The highest BCUT2D eigenvalue weighted by Crippen LogP contribution is 2.44. The summed E-state index contributed by atoms with van der Waals surface area (Å²) in [6, 6.07) is 53.1. The zero-order valence-corrected chi connectivity index (χ0v) is 29.2. The molecule has 0 amide bonds. The number of aryl methyl sites for hydroxylation is 2. The maximum absolute atomic E-state index is 2.35. The van der Waals surface area contributed by atoms with Crippen LogP contribution in [0.4, 0.5) is 0 Å². The van der Waals surface area contributed by atoms with E-state index in [4.69, 9.17) is 0 Å². The Bertz CT molecular complexity index is 3340. The molecular formula is C46H30N2S2. The summed E-state index contributed by atoms with van der Waals surface area (Å²) in [5.41, 5.74) is 5.30. The minimum atomic E-state index is 1.30. The zero-order valence-electron chi connectivity index (χ0n) is 27.6. The second-order valence-corrected chi connectivity index (χ2v) is 15.5. The van der Waals surface area contributed by atoms with Crippen molar-refractivity contribution < 1.29 is 0 Å². The van der Waals surface area contributed by atoms with Crippen LogP contribution in [0.2, 0.25) is 0 Å². The molecule has 0 aliphatic carbocycles. The van der Waals surface area contributed by atoms with Gasteiger partial charge >= 0.3 is 0 Å². The van der Waals surface area contributed by atoms with Gasteiger partial charge < -0.3 is 9.13 Å². The SMILES string of the molecule is Cn1c2ccccc2c2ccc3c(sc4ccc5ccccc5c43)c21.Cn1c2ccccc2c2ccc3c4cc5ccccc5cc4sc3c21. The Labute approximate surface area is 295 Å². The summed E-state index contributed by atoms with van der Waals surface area (Å²) in [5.74, 6) is 0. The van der Waals surface area contributed by atoms with Gasteiger partial charge in [-0.15, -0.1) is 22.7 Å². The fraction of sp³-hybridized carbons (Fsp3) is 0.0435. The number of nitrogens with zero attached hydrogens (tertiary/aromatic N) is 2. The number of aromatic nitrogens is 2. The van der Waals surface area contributed by atoms with Crippen LogP contribution in [0.3, 0.4) is 0 Å². The van der Waals surface area contributed by atoms with Crippen LogP contribution in [-0.2, 0) is 14.1 Å². The lowest BCUT2D eigenvalue weighted by Gasteiger charge is -2.01. The molecule has 2 nitrogen and oxygen atoms in total. The number of rotatable bonds is 0. The maximum atomic E-state index is 2.35. The van der Waals surface area contributed by atoms with Crippen molar-refractivity contribution in [3.8, 4) is 0 Å². The normalized spacial score (nSPS) is 12.2. The molecule has 0 unspecified atom stereocenters. The predicted octanol–water partition coefficient (Wildman–Crippen LogP) is 13.7. The third-order valence-corrected chi connectivity index (χ3v) is 13.1. The van der Waals surface area contributed by atoms with Crippen LogP contribution in [0.5, 0.6) is 0 Å². The summed E-state index contributed by atoms with van der Waals surface area (Å²) in [6.45, 7) is 0. The quantitative estimate of drug-likeness (QED) is 0.152. The first-order valence-corrected chi connectivity index (χ1v) is 18.7. The Hall–Kier alpha value is -5.68. The molecule has 8 aromatic carbocycles. The molecule has 0 bridgehead atoms. The minimum absolute atomic E-state index is 1.30. The van der Waals surface area contributed by atoms with Gasteiger partial charge in [0.1, 0.15) is 0 Å². The molecule has 0 aliphatic heterocycles. The third-order valence-electron chi connectivity index (χ3n) is 10.8. The topological polar surface area (TPSA) is 9.86 Å². The van der Waals surface area contributed by atoms with Crippen LogP contribution in [0.15, 0.2) is 146 Å². The number of hydrogen-bond acceptors (Lipinski definition) is 2. The Morgan fingerprint density at radius 1 is 0.360 bits per heavy atom. The number of para-hydroxylation sites is 2. The molecule has 0 radical (unpaired) electrons. The Morgan fingerprint density at radius 2 is 0.860 bits per heavy atom. The van der Waals surface area contributed by atoms with Gasteiger partial charge in [-0.1, -0.05) is 115 Å². The summed E-state index contributed by atoms with van der Waals surface area (Å²) in [4.78, 5) is 0. The fourth-order valence-electron chi connectivity index (χ4n) is 8.44. The first-order chi connectivity index (χ1) is 24.6. The van der Waals surface area contributed by atoms with E-state index in [9.17, 15) is 0 Å². The van der Waals surface area contributed by atoms with Gasteiger partial charge in [-0.25, -0.2) is 0 Å². The molecule has 236 valence electrons. The molecule has 0 spiro atoms. The predicted molar refractivity (Wildman–Crippen MR) is 222 cm³/mol. The third kappa shape index (κ3) is 3.83. The number of hydrogen-bond donors (Lipinski definition) is 0. The highest BCUT2D eigenvalue weighted by Gasteiger charge is 2.17. The average molecular weight is 675 g/mol. The molecule has 0 saturated carbocycles. The Balaban J connectivity index is 0.000000120. The van der Waals surface area contributed by atoms with Crippen molar-refractivity contribution in [1.82, 2.24) is 9.13 Å². The van der Waals surface area contributed by atoms with E-state index in [0.717, 1.165) is 0 Å². The molecule has 0 fully saturated rings. The lowest BCUT2D eigenvalue weighted by atomic mass is 10.0. The smallest absolute Gasteiger partial charge is 0.0670 e. The van der Waals surface area contributed by atoms with Crippen LogP contribution >= 0.6 is 22.7 Å². The highest BCUT2D eigenvalue weighted by atomic mass is 32.1. The number of thiophene rings is 2. The molecule has 0 N–H and O–H groups in total. The molecule has 0 atom stereocenters. The van der Waals surface area contributed by atoms with Gasteiger partial charge in [0.25, 0.3) is 0 Å². The van der Waals surface area contributed by atoms with Gasteiger partial charge in [-0.2, -0.15) is 0 Å². The second kappa shape index (κ2) is 10.4. The standard InChI is InChI=1S/2C23H15NS/c1-24-19-9-5-4-8-16(19)17-11-12-18-21-15-7-3-2-6-14(15)10-13-20(21)25-23(18)22(17)24;1-24-20-9-5-4-8-16(20)17-10-11-18-19-12-14-6-2-3-7-15(14)13-21(19)25-23(18)22(17)24/h2*2-13H,1H3. The Morgan fingerprint density at radius 3 is 1.54 bits per heavy atom. The summed E-state index contributed by atoms with van der Waals surface area (Å²) < 4.78 is 10.2. The van der Waals surface area contributed by atoms with Crippen LogP contribution < -0.4 is 0 Å². The number of fused-ring (bicyclic) bond motifs is 17. The van der Waals surface area contributed by atoms with Gasteiger partial charge in [-0.3, -0.25) is 0 Å². The first kappa shape index (κ1) is 28.2. The van der Waals surface area contributed by atoms with Gasteiger partial charge in [0.2, 0.25) is 0 Å². The van der Waals surface area contributed by atoms with Crippen molar-refractivity contribution in [3.05, 3.63) is 146 Å². The van der Waals surface area contributed by atoms with Crippen molar-refractivity contribution in [2.24, 2.45) is 14.1 Å². The van der Waals surface area contributed by atoms with E-state index < -0.39 is 0 Å².